The highest BCUT2D eigenvalue weighted by Gasteiger charge is 2.03. The lowest BCUT2D eigenvalue weighted by molar-refractivity contribution is -0.131. The first-order valence-electron chi connectivity index (χ1n) is 6.00. The van der Waals surface area contributed by atoms with E-state index >= 15 is 0 Å². The summed E-state index contributed by atoms with van der Waals surface area (Å²) in [4.78, 5) is 10.5. The van der Waals surface area contributed by atoms with E-state index in [1.165, 1.54) is 6.08 Å². The summed E-state index contributed by atoms with van der Waals surface area (Å²) in [5, 5.41) is 9.14. The van der Waals surface area contributed by atoms with E-state index in [1.54, 1.807) is 30.3 Å². The highest BCUT2D eigenvalue weighted by molar-refractivity contribution is 6.32. The highest BCUT2D eigenvalue weighted by Crippen LogP contribution is 2.30. The minimum absolute atomic E-state index is 0.538. The zero-order valence-corrected chi connectivity index (χ0v) is 11.6. The van der Waals surface area contributed by atoms with Crippen molar-refractivity contribution in [1.29, 1.82) is 0 Å². The predicted octanol–water partition coefficient (Wildman–Crippen LogP) is 4.54. The Morgan fingerprint density at radius 1 is 1.25 bits per heavy atom. The second kappa shape index (κ2) is 6.26. The summed E-state index contributed by atoms with van der Waals surface area (Å²) in [6.07, 6.45) is 2.59. The van der Waals surface area contributed by atoms with Gasteiger partial charge in [-0.05, 0) is 48.4 Å². The van der Waals surface area contributed by atoms with Gasteiger partial charge in [-0.3, -0.25) is 0 Å². The molecule has 0 amide bonds. The van der Waals surface area contributed by atoms with Crippen LogP contribution >= 0.6 is 11.6 Å². The van der Waals surface area contributed by atoms with Gasteiger partial charge in [-0.1, -0.05) is 29.8 Å². The molecule has 2 aromatic rings. The summed E-state index contributed by atoms with van der Waals surface area (Å²) in [5.74, 6) is 0.179. The first kappa shape index (κ1) is 14.2. The fourth-order valence-corrected chi connectivity index (χ4v) is 1.94. The number of halogens is 1. The molecule has 0 spiro atoms. The van der Waals surface area contributed by atoms with Gasteiger partial charge in [0.1, 0.15) is 11.5 Å². The maximum atomic E-state index is 10.5. The molecule has 102 valence electrons. The number of aliphatic carboxylic acids is 1. The topological polar surface area (TPSA) is 46.5 Å². The van der Waals surface area contributed by atoms with Gasteiger partial charge in [0.2, 0.25) is 0 Å². The first-order valence-corrected chi connectivity index (χ1v) is 6.37. The summed E-state index contributed by atoms with van der Waals surface area (Å²) < 4.78 is 5.70. The van der Waals surface area contributed by atoms with Crippen LogP contribution in [0.3, 0.4) is 0 Å². The average Bonchev–Trinajstić information content (AvgIpc) is 2.40. The quantitative estimate of drug-likeness (QED) is 0.840. The van der Waals surface area contributed by atoms with E-state index in [9.17, 15) is 4.79 Å². The van der Waals surface area contributed by atoms with Crippen molar-refractivity contribution in [3.05, 3.63) is 64.7 Å². The van der Waals surface area contributed by atoms with Gasteiger partial charge in [-0.2, -0.15) is 0 Å². The van der Waals surface area contributed by atoms with Crippen LogP contribution in [0.25, 0.3) is 6.08 Å². The van der Waals surface area contributed by atoms with Crippen LogP contribution in [0, 0.1) is 6.92 Å². The van der Waals surface area contributed by atoms with Crippen molar-refractivity contribution >= 4 is 23.6 Å². The van der Waals surface area contributed by atoms with Gasteiger partial charge in [0, 0.05) is 6.08 Å². The molecule has 2 aromatic carbocycles. The van der Waals surface area contributed by atoms with Crippen molar-refractivity contribution < 1.29 is 14.6 Å². The largest absolute Gasteiger partial charge is 0.478 e. The van der Waals surface area contributed by atoms with Crippen molar-refractivity contribution in [2.24, 2.45) is 0 Å². The second-order valence-electron chi connectivity index (χ2n) is 4.28. The van der Waals surface area contributed by atoms with Crippen LogP contribution in [-0.2, 0) is 4.79 Å². The van der Waals surface area contributed by atoms with Crippen LogP contribution < -0.4 is 4.74 Å². The average molecular weight is 289 g/mol. The first-order chi connectivity index (χ1) is 9.54. The van der Waals surface area contributed by atoms with Crippen molar-refractivity contribution in [2.75, 3.05) is 0 Å². The normalized spacial score (nSPS) is 10.7. The zero-order chi connectivity index (χ0) is 14.5. The maximum Gasteiger partial charge on any atom is 0.328 e. The second-order valence-corrected chi connectivity index (χ2v) is 4.69. The van der Waals surface area contributed by atoms with Crippen molar-refractivity contribution in [1.82, 2.24) is 0 Å². The Bertz CT molecular complexity index is 663. The van der Waals surface area contributed by atoms with Crippen molar-refractivity contribution in [2.45, 2.75) is 6.92 Å². The molecule has 0 bridgehead atoms. The van der Waals surface area contributed by atoms with E-state index in [0.717, 1.165) is 17.2 Å². The fourth-order valence-electron chi connectivity index (χ4n) is 1.66. The molecule has 0 heterocycles. The third kappa shape index (κ3) is 3.87. The molecular weight excluding hydrogens is 276 g/mol. The SMILES string of the molecule is Cc1ccc(Oc2cccc(C=CC(=O)O)c2)c(Cl)c1. The molecule has 0 saturated heterocycles. The summed E-state index contributed by atoms with van der Waals surface area (Å²) in [6, 6.07) is 12.7. The molecule has 20 heavy (non-hydrogen) atoms. The number of benzene rings is 2. The van der Waals surface area contributed by atoms with E-state index in [0.29, 0.717) is 16.5 Å². The van der Waals surface area contributed by atoms with Crippen molar-refractivity contribution in [3.8, 4) is 11.5 Å². The molecular formula is C16H13ClO3. The number of carboxylic acids is 1. The van der Waals surface area contributed by atoms with Gasteiger partial charge in [0.05, 0.1) is 5.02 Å². The number of rotatable bonds is 4. The van der Waals surface area contributed by atoms with E-state index in [-0.39, 0.29) is 0 Å². The van der Waals surface area contributed by atoms with Crippen LogP contribution in [0.2, 0.25) is 5.02 Å². The number of carboxylic acid groups (broad SMARTS) is 1. The maximum absolute atomic E-state index is 10.5. The van der Waals surface area contributed by atoms with Gasteiger partial charge in [-0.25, -0.2) is 4.79 Å². The summed E-state index contributed by atoms with van der Waals surface area (Å²) in [5.41, 5.74) is 1.80. The van der Waals surface area contributed by atoms with E-state index < -0.39 is 5.97 Å². The van der Waals surface area contributed by atoms with E-state index in [4.69, 9.17) is 21.4 Å². The molecule has 2 rings (SSSR count). The smallest absolute Gasteiger partial charge is 0.328 e. The monoisotopic (exact) mass is 288 g/mol. The van der Waals surface area contributed by atoms with Gasteiger partial charge in [0.25, 0.3) is 0 Å². The number of hydrogen-bond acceptors (Lipinski definition) is 2. The Kier molecular flexibility index (Phi) is 4.43. The van der Waals surface area contributed by atoms with E-state index in [1.807, 2.05) is 19.1 Å². The minimum atomic E-state index is -0.988. The lowest BCUT2D eigenvalue weighted by Gasteiger charge is -2.08. The molecule has 0 unspecified atom stereocenters. The molecule has 0 saturated carbocycles. The number of hydrogen-bond donors (Lipinski definition) is 1. The summed E-state index contributed by atoms with van der Waals surface area (Å²) in [7, 11) is 0. The highest BCUT2D eigenvalue weighted by atomic mass is 35.5. The number of ether oxygens (including phenoxy) is 1. The number of carbonyl (C=O) groups is 1. The minimum Gasteiger partial charge on any atom is -0.478 e. The molecule has 0 radical (unpaired) electrons. The summed E-state index contributed by atoms with van der Waals surface area (Å²) in [6.45, 7) is 1.95. The van der Waals surface area contributed by atoms with Crippen LogP contribution in [0.15, 0.2) is 48.5 Å². The van der Waals surface area contributed by atoms with Gasteiger partial charge >= 0.3 is 5.97 Å². The third-order valence-corrected chi connectivity index (χ3v) is 2.89. The Morgan fingerprint density at radius 3 is 2.75 bits per heavy atom. The molecule has 0 aliphatic heterocycles. The molecule has 0 aliphatic carbocycles. The lowest BCUT2D eigenvalue weighted by atomic mass is 10.2. The fraction of sp³-hybridized carbons (Fsp3) is 0.0625. The van der Waals surface area contributed by atoms with Crippen LogP contribution in [0.4, 0.5) is 0 Å². The Labute approximate surface area is 122 Å². The van der Waals surface area contributed by atoms with E-state index in [2.05, 4.69) is 0 Å². The Balaban J connectivity index is 2.21. The summed E-state index contributed by atoms with van der Waals surface area (Å²) >= 11 is 6.11. The standard InChI is InChI=1S/C16H13ClO3/c1-11-5-7-15(14(17)9-11)20-13-4-2-3-12(10-13)6-8-16(18)19/h2-10H,1H3,(H,18,19). The zero-order valence-electron chi connectivity index (χ0n) is 10.8. The van der Waals surface area contributed by atoms with Crippen LogP contribution in [0.5, 0.6) is 11.5 Å². The number of aryl methyl sites for hydroxylation is 1. The van der Waals surface area contributed by atoms with Crippen LogP contribution in [0.1, 0.15) is 11.1 Å². The Morgan fingerprint density at radius 2 is 2.05 bits per heavy atom. The molecule has 0 fully saturated rings. The molecule has 0 atom stereocenters. The van der Waals surface area contributed by atoms with Crippen LogP contribution in [-0.4, -0.2) is 11.1 Å². The molecule has 0 aromatic heterocycles. The van der Waals surface area contributed by atoms with Gasteiger partial charge < -0.3 is 9.84 Å². The lowest BCUT2D eigenvalue weighted by Crippen LogP contribution is -1.88. The molecule has 4 heteroatoms. The molecule has 1 N–H and O–H groups in total. The molecule has 0 aliphatic rings. The van der Waals surface area contributed by atoms with Crippen molar-refractivity contribution in [3.63, 3.8) is 0 Å². The predicted molar refractivity (Wildman–Crippen MR) is 79.4 cm³/mol. The van der Waals surface area contributed by atoms with Gasteiger partial charge in [-0.15, -0.1) is 0 Å². The Hall–Kier alpha value is -2.26. The van der Waals surface area contributed by atoms with Gasteiger partial charge in [0.15, 0.2) is 0 Å². The molecule has 3 nitrogen and oxygen atoms in total. The third-order valence-electron chi connectivity index (χ3n) is 2.59.